The highest BCUT2D eigenvalue weighted by molar-refractivity contribution is 5.96. The topological polar surface area (TPSA) is 52.6 Å². The number of hydrogen-bond acceptors (Lipinski definition) is 4. The van der Waals surface area contributed by atoms with Gasteiger partial charge in [-0.25, -0.2) is 0 Å². The summed E-state index contributed by atoms with van der Waals surface area (Å²) in [5.41, 5.74) is 0. The fraction of sp³-hybridized carbons (Fsp3) is 0.667. The molecule has 0 aromatic rings. The maximum atomic E-state index is 11.8. The van der Waals surface area contributed by atoms with Gasteiger partial charge in [0.2, 0.25) is 0 Å². The quantitative estimate of drug-likeness (QED) is 0.410. The minimum absolute atomic E-state index is 0.0649. The Balaban J connectivity index is 1.92. The maximum absolute atomic E-state index is 11.8. The molecule has 4 atom stereocenters. The van der Waals surface area contributed by atoms with Crippen LogP contribution < -0.4 is 0 Å². The van der Waals surface area contributed by atoms with Crippen LogP contribution in [0.25, 0.3) is 0 Å². The molecular formula is C12H16O4. The van der Waals surface area contributed by atoms with Crippen molar-refractivity contribution in [3.63, 3.8) is 0 Å². The number of allylic oxidation sites excluding steroid dienone is 2. The Kier molecular flexibility index (Phi) is 3.10. The van der Waals surface area contributed by atoms with E-state index in [9.17, 15) is 9.59 Å². The van der Waals surface area contributed by atoms with Crippen LogP contribution in [0.15, 0.2) is 12.2 Å². The van der Waals surface area contributed by atoms with Crippen molar-refractivity contribution in [2.75, 3.05) is 6.61 Å². The Morgan fingerprint density at radius 3 is 2.81 bits per heavy atom. The normalized spacial score (nSPS) is 33.1. The van der Waals surface area contributed by atoms with Crippen LogP contribution in [-0.2, 0) is 19.1 Å². The molecular weight excluding hydrogens is 208 g/mol. The first-order valence-corrected chi connectivity index (χ1v) is 5.67. The lowest BCUT2D eigenvalue weighted by Crippen LogP contribution is -2.27. The average Bonchev–Trinajstić information content (AvgIpc) is 2.74. The highest BCUT2D eigenvalue weighted by Crippen LogP contribution is 2.41. The summed E-state index contributed by atoms with van der Waals surface area (Å²) in [6, 6.07) is 0. The lowest BCUT2D eigenvalue weighted by molar-refractivity contribution is -0.179. The molecule has 0 aliphatic heterocycles. The molecule has 0 amide bonds. The largest absolute Gasteiger partial charge is 0.436 e. The second kappa shape index (κ2) is 4.37. The zero-order valence-electron chi connectivity index (χ0n) is 9.51. The second-order valence-corrected chi connectivity index (χ2v) is 4.22. The van der Waals surface area contributed by atoms with Crippen LogP contribution >= 0.6 is 0 Å². The maximum Gasteiger partial charge on any atom is 0.312 e. The lowest BCUT2D eigenvalue weighted by atomic mass is 9.94. The van der Waals surface area contributed by atoms with Crippen molar-refractivity contribution in [3.05, 3.63) is 12.2 Å². The first-order valence-electron chi connectivity index (χ1n) is 5.67. The summed E-state index contributed by atoms with van der Waals surface area (Å²) in [6.07, 6.45) is 3.78. The minimum atomic E-state index is -0.532. The molecule has 0 heterocycles. The predicted molar refractivity (Wildman–Crippen MR) is 56.4 cm³/mol. The molecule has 2 aliphatic carbocycles. The number of ketones is 1. The Hall–Kier alpha value is -1.16. The van der Waals surface area contributed by atoms with Gasteiger partial charge in [0.1, 0.15) is 5.78 Å². The van der Waals surface area contributed by atoms with Gasteiger partial charge in [0.05, 0.1) is 5.92 Å². The molecule has 4 nitrogen and oxygen atoms in total. The Morgan fingerprint density at radius 1 is 1.56 bits per heavy atom. The van der Waals surface area contributed by atoms with Gasteiger partial charge in [0.15, 0.2) is 6.29 Å². The lowest BCUT2D eigenvalue weighted by Gasteiger charge is -2.19. The van der Waals surface area contributed by atoms with Crippen LogP contribution in [0.2, 0.25) is 0 Å². The first kappa shape index (κ1) is 11.3. The van der Waals surface area contributed by atoms with Gasteiger partial charge < -0.3 is 9.47 Å². The van der Waals surface area contributed by atoms with Crippen LogP contribution in [0.4, 0.5) is 0 Å². The van der Waals surface area contributed by atoms with Crippen LogP contribution in [0, 0.1) is 17.8 Å². The van der Waals surface area contributed by atoms with Crippen molar-refractivity contribution in [2.24, 2.45) is 17.8 Å². The van der Waals surface area contributed by atoms with E-state index in [4.69, 9.17) is 9.47 Å². The van der Waals surface area contributed by atoms with E-state index in [0.29, 0.717) is 13.0 Å². The minimum Gasteiger partial charge on any atom is -0.436 e. The SMILES string of the molecule is CCOC(C)OC(=O)C1CC2C=CC1C2=O. The van der Waals surface area contributed by atoms with Gasteiger partial charge in [-0.1, -0.05) is 12.2 Å². The molecule has 0 saturated heterocycles. The summed E-state index contributed by atoms with van der Waals surface area (Å²) in [7, 11) is 0. The molecule has 0 N–H and O–H groups in total. The second-order valence-electron chi connectivity index (χ2n) is 4.22. The zero-order valence-corrected chi connectivity index (χ0v) is 9.51. The van der Waals surface area contributed by atoms with E-state index in [-0.39, 0.29) is 29.5 Å². The molecule has 2 rings (SSSR count). The van der Waals surface area contributed by atoms with Gasteiger partial charge in [-0.3, -0.25) is 9.59 Å². The molecule has 1 fully saturated rings. The molecule has 0 radical (unpaired) electrons. The van der Waals surface area contributed by atoms with E-state index in [1.54, 1.807) is 6.92 Å². The molecule has 2 bridgehead atoms. The number of rotatable bonds is 4. The average molecular weight is 224 g/mol. The van der Waals surface area contributed by atoms with Crippen LogP contribution in [0.5, 0.6) is 0 Å². The molecule has 88 valence electrons. The summed E-state index contributed by atoms with van der Waals surface area (Å²) in [5, 5.41) is 0. The molecule has 4 unspecified atom stereocenters. The van der Waals surface area contributed by atoms with Gasteiger partial charge >= 0.3 is 5.97 Å². The standard InChI is InChI=1S/C12H16O4/c1-3-15-7(2)16-12(14)10-6-8-4-5-9(10)11(8)13/h4-5,7-10H,3,6H2,1-2H3. The van der Waals surface area contributed by atoms with E-state index in [2.05, 4.69) is 0 Å². The number of esters is 1. The van der Waals surface area contributed by atoms with E-state index < -0.39 is 6.29 Å². The highest BCUT2D eigenvalue weighted by atomic mass is 16.7. The molecule has 16 heavy (non-hydrogen) atoms. The summed E-state index contributed by atoms with van der Waals surface area (Å²) in [5.74, 6) is -0.779. The van der Waals surface area contributed by atoms with Crippen molar-refractivity contribution in [1.29, 1.82) is 0 Å². The molecule has 2 aliphatic rings. The predicted octanol–water partition coefficient (Wildman–Crippen LogP) is 1.30. The summed E-state index contributed by atoms with van der Waals surface area (Å²) >= 11 is 0. The van der Waals surface area contributed by atoms with Crippen molar-refractivity contribution in [3.8, 4) is 0 Å². The van der Waals surface area contributed by atoms with Crippen LogP contribution in [0.1, 0.15) is 20.3 Å². The van der Waals surface area contributed by atoms with Crippen molar-refractivity contribution >= 4 is 11.8 Å². The van der Waals surface area contributed by atoms with Gasteiger partial charge in [-0.05, 0) is 20.3 Å². The molecule has 0 aromatic carbocycles. The van der Waals surface area contributed by atoms with Gasteiger partial charge in [-0.15, -0.1) is 0 Å². The fourth-order valence-electron chi connectivity index (χ4n) is 2.40. The first-order chi connectivity index (χ1) is 7.63. The van der Waals surface area contributed by atoms with E-state index in [0.717, 1.165) is 0 Å². The number of carbonyl (C=O) groups excluding carboxylic acids is 2. The number of Topliss-reactive ketones (excluding diaryl/α,β-unsaturated/α-hetero) is 1. The zero-order chi connectivity index (χ0) is 11.7. The van der Waals surface area contributed by atoms with E-state index in [1.165, 1.54) is 0 Å². The third-order valence-electron chi connectivity index (χ3n) is 3.17. The number of hydrogen-bond donors (Lipinski definition) is 0. The Labute approximate surface area is 94.6 Å². The van der Waals surface area contributed by atoms with Crippen molar-refractivity contribution < 1.29 is 19.1 Å². The van der Waals surface area contributed by atoms with Crippen LogP contribution in [0.3, 0.4) is 0 Å². The summed E-state index contributed by atoms with van der Waals surface area (Å²) < 4.78 is 10.3. The molecule has 0 spiro atoms. The Bertz CT molecular complexity index is 334. The van der Waals surface area contributed by atoms with Gasteiger partial charge in [0, 0.05) is 18.4 Å². The third-order valence-corrected chi connectivity index (χ3v) is 3.17. The van der Waals surface area contributed by atoms with Crippen molar-refractivity contribution in [1.82, 2.24) is 0 Å². The highest BCUT2D eigenvalue weighted by Gasteiger charge is 2.47. The molecule has 0 aromatic heterocycles. The Morgan fingerprint density at radius 2 is 2.31 bits per heavy atom. The van der Waals surface area contributed by atoms with E-state index in [1.807, 2.05) is 19.1 Å². The van der Waals surface area contributed by atoms with Gasteiger partial charge in [-0.2, -0.15) is 0 Å². The number of ether oxygens (including phenoxy) is 2. The molecule has 4 heteroatoms. The summed E-state index contributed by atoms with van der Waals surface area (Å²) in [4.78, 5) is 23.4. The van der Waals surface area contributed by atoms with Gasteiger partial charge in [0.25, 0.3) is 0 Å². The van der Waals surface area contributed by atoms with Crippen molar-refractivity contribution in [2.45, 2.75) is 26.6 Å². The fourth-order valence-corrected chi connectivity index (χ4v) is 2.40. The van der Waals surface area contributed by atoms with E-state index >= 15 is 0 Å². The third kappa shape index (κ3) is 1.89. The number of fused-ring (bicyclic) bond motifs is 2. The monoisotopic (exact) mass is 224 g/mol. The number of carbonyl (C=O) groups is 2. The smallest absolute Gasteiger partial charge is 0.312 e. The molecule has 1 saturated carbocycles. The summed E-state index contributed by atoms with van der Waals surface area (Å²) in [6.45, 7) is 4.03. The van der Waals surface area contributed by atoms with Crippen LogP contribution in [-0.4, -0.2) is 24.6 Å².